The van der Waals surface area contributed by atoms with Crippen molar-refractivity contribution in [3.05, 3.63) is 59.2 Å². The Labute approximate surface area is 125 Å². The van der Waals surface area contributed by atoms with Crippen LogP contribution in [0, 0.1) is 13.8 Å². The third-order valence-electron chi connectivity index (χ3n) is 3.40. The van der Waals surface area contributed by atoms with E-state index >= 15 is 0 Å². The molecule has 1 atom stereocenters. The van der Waals surface area contributed by atoms with E-state index in [-0.39, 0.29) is 5.78 Å². The monoisotopic (exact) mass is 284 g/mol. The van der Waals surface area contributed by atoms with E-state index in [0.29, 0.717) is 17.1 Å². The first-order valence-electron chi connectivity index (χ1n) is 6.94. The van der Waals surface area contributed by atoms with Crippen molar-refractivity contribution in [2.45, 2.75) is 26.9 Å². The van der Waals surface area contributed by atoms with Crippen LogP contribution in [0.15, 0.2) is 42.5 Å². The second-order valence-corrected chi connectivity index (χ2v) is 5.09. The van der Waals surface area contributed by atoms with Crippen molar-refractivity contribution in [3.63, 3.8) is 0 Å². The van der Waals surface area contributed by atoms with E-state index in [9.17, 15) is 4.79 Å². The maximum absolute atomic E-state index is 12.6. The number of carbonyl (C=O) groups excluding carboxylic acids is 1. The number of para-hydroxylation sites is 2. The quantitative estimate of drug-likeness (QED) is 0.780. The van der Waals surface area contributed by atoms with Crippen LogP contribution in [0.2, 0.25) is 0 Å². The van der Waals surface area contributed by atoms with E-state index in [2.05, 4.69) is 0 Å². The van der Waals surface area contributed by atoms with Gasteiger partial charge in [-0.2, -0.15) is 0 Å². The van der Waals surface area contributed by atoms with Gasteiger partial charge in [-0.25, -0.2) is 0 Å². The molecule has 2 aromatic rings. The molecule has 3 heteroatoms. The standard InChI is InChI=1S/C18H20O3/c1-12-9-10-13(2)15(11-12)18(19)14(3)21-17-8-6-5-7-16(17)20-4/h5-11,14H,1-4H3. The van der Waals surface area contributed by atoms with Crippen LogP contribution in [0.1, 0.15) is 28.4 Å². The number of aryl methyl sites for hydroxylation is 2. The molecule has 0 aliphatic heterocycles. The Hall–Kier alpha value is -2.29. The van der Waals surface area contributed by atoms with Gasteiger partial charge in [-0.1, -0.05) is 29.8 Å². The summed E-state index contributed by atoms with van der Waals surface area (Å²) in [5, 5.41) is 0. The van der Waals surface area contributed by atoms with Gasteiger partial charge in [0.2, 0.25) is 5.78 Å². The highest BCUT2D eigenvalue weighted by Crippen LogP contribution is 2.27. The number of Topliss-reactive ketones (excluding diaryl/α,β-unsaturated/α-hetero) is 1. The van der Waals surface area contributed by atoms with Gasteiger partial charge in [0.15, 0.2) is 17.6 Å². The summed E-state index contributed by atoms with van der Waals surface area (Å²) < 4.78 is 11.0. The van der Waals surface area contributed by atoms with Gasteiger partial charge >= 0.3 is 0 Å². The lowest BCUT2D eigenvalue weighted by molar-refractivity contribution is 0.0813. The predicted molar refractivity (Wildman–Crippen MR) is 83.3 cm³/mol. The van der Waals surface area contributed by atoms with Crippen LogP contribution in [-0.4, -0.2) is 19.0 Å². The van der Waals surface area contributed by atoms with Crippen molar-refractivity contribution in [1.82, 2.24) is 0 Å². The lowest BCUT2D eigenvalue weighted by Crippen LogP contribution is -2.25. The average molecular weight is 284 g/mol. The molecule has 0 N–H and O–H groups in total. The fraction of sp³-hybridized carbons (Fsp3) is 0.278. The number of ether oxygens (including phenoxy) is 2. The van der Waals surface area contributed by atoms with E-state index in [1.807, 2.05) is 50.2 Å². The smallest absolute Gasteiger partial charge is 0.203 e. The molecule has 0 aromatic heterocycles. The van der Waals surface area contributed by atoms with Gasteiger partial charge in [0.25, 0.3) is 0 Å². The number of ketones is 1. The largest absolute Gasteiger partial charge is 0.493 e. The maximum Gasteiger partial charge on any atom is 0.203 e. The van der Waals surface area contributed by atoms with Crippen molar-refractivity contribution in [2.75, 3.05) is 7.11 Å². The van der Waals surface area contributed by atoms with Crippen LogP contribution < -0.4 is 9.47 Å². The molecular formula is C18H20O3. The Balaban J connectivity index is 2.22. The van der Waals surface area contributed by atoms with Crippen LogP contribution >= 0.6 is 0 Å². The second-order valence-electron chi connectivity index (χ2n) is 5.09. The molecule has 0 fully saturated rings. The third-order valence-corrected chi connectivity index (χ3v) is 3.40. The highest BCUT2D eigenvalue weighted by molar-refractivity contribution is 6.00. The summed E-state index contributed by atoms with van der Waals surface area (Å²) in [7, 11) is 1.58. The second kappa shape index (κ2) is 6.44. The van der Waals surface area contributed by atoms with E-state index in [4.69, 9.17) is 9.47 Å². The summed E-state index contributed by atoms with van der Waals surface area (Å²) in [5.74, 6) is 1.17. The summed E-state index contributed by atoms with van der Waals surface area (Å²) in [4.78, 5) is 12.6. The topological polar surface area (TPSA) is 35.5 Å². The molecule has 0 saturated heterocycles. The van der Waals surface area contributed by atoms with E-state index in [1.165, 1.54) is 0 Å². The van der Waals surface area contributed by atoms with Gasteiger partial charge < -0.3 is 9.47 Å². The van der Waals surface area contributed by atoms with Crippen LogP contribution in [0.4, 0.5) is 0 Å². The predicted octanol–water partition coefficient (Wildman–Crippen LogP) is 3.96. The van der Waals surface area contributed by atoms with E-state index < -0.39 is 6.10 Å². The van der Waals surface area contributed by atoms with Gasteiger partial charge in [0.1, 0.15) is 0 Å². The van der Waals surface area contributed by atoms with Gasteiger partial charge in [0.05, 0.1) is 7.11 Å². The Bertz CT molecular complexity index is 647. The number of carbonyl (C=O) groups is 1. The van der Waals surface area contributed by atoms with Crippen molar-refractivity contribution < 1.29 is 14.3 Å². The van der Waals surface area contributed by atoms with Crippen LogP contribution in [0.3, 0.4) is 0 Å². The lowest BCUT2D eigenvalue weighted by Gasteiger charge is -2.17. The minimum absolute atomic E-state index is 0.0258. The normalized spacial score (nSPS) is 11.8. The summed E-state index contributed by atoms with van der Waals surface area (Å²) in [6.45, 7) is 5.67. The summed E-state index contributed by atoms with van der Waals surface area (Å²) in [6, 6.07) is 13.2. The molecule has 1 unspecified atom stereocenters. The van der Waals surface area contributed by atoms with Gasteiger partial charge in [0, 0.05) is 5.56 Å². The van der Waals surface area contributed by atoms with Crippen LogP contribution in [0.25, 0.3) is 0 Å². The molecule has 2 aromatic carbocycles. The molecule has 21 heavy (non-hydrogen) atoms. The third kappa shape index (κ3) is 3.43. The van der Waals surface area contributed by atoms with Gasteiger partial charge in [-0.15, -0.1) is 0 Å². The molecule has 0 amide bonds. The molecule has 110 valence electrons. The maximum atomic E-state index is 12.6. The molecule has 0 radical (unpaired) electrons. The zero-order valence-corrected chi connectivity index (χ0v) is 12.8. The first-order valence-corrected chi connectivity index (χ1v) is 6.94. The van der Waals surface area contributed by atoms with Crippen molar-refractivity contribution >= 4 is 5.78 Å². The molecule has 3 nitrogen and oxygen atoms in total. The zero-order chi connectivity index (χ0) is 15.4. The number of rotatable bonds is 5. The minimum atomic E-state index is -0.568. The first kappa shape index (κ1) is 15.1. The Morgan fingerprint density at radius 3 is 2.38 bits per heavy atom. The summed E-state index contributed by atoms with van der Waals surface area (Å²) in [6.07, 6.45) is -0.568. The van der Waals surface area contributed by atoms with E-state index in [0.717, 1.165) is 11.1 Å². The molecule has 0 heterocycles. The molecule has 0 aliphatic rings. The highest BCUT2D eigenvalue weighted by atomic mass is 16.5. The number of methoxy groups -OCH3 is 1. The fourth-order valence-corrected chi connectivity index (χ4v) is 2.18. The number of hydrogen-bond acceptors (Lipinski definition) is 3. The molecule has 0 aliphatic carbocycles. The van der Waals surface area contributed by atoms with Gasteiger partial charge in [-0.05, 0) is 44.5 Å². The number of hydrogen-bond donors (Lipinski definition) is 0. The highest BCUT2D eigenvalue weighted by Gasteiger charge is 2.20. The number of benzene rings is 2. The molecule has 2 rings (SSSR count). The SMILES string of the molecule is COc1ccccc1OC(C)C(=O)c1cc(C)ccc1C. The zero-order valence-electron chi connectivity index (χ0n) is 12.8. The Morgan fingerprint density at radius 1 is 1.05 bits per heavy atom. The first-order chi connectivity index (χ1) is 10.0. The van der Waals surface area contributed by atoms with Crippen LogP contribution in [0.5, 0.6) is 11.5 Å². The molecular weight excluding hydrogens is 264 g/mol. The summed E-state index contributed by atoms with van der Waals surface area (Å²) >= 11 is 0. The molecule has 0 spiro atoms. The Kier molecular flexibility index (Phi) is 4.63. The minimum Gasteiger partial charge on any atom is -0.493 e. The summed E-state index contributed by atoms with van der Waals surface area (Å²) in [5.41, 5.74) is 2.73. The van der Waals surface area contributed by atoms with Gasteiger partial charge in [-0.3, -0.25) is 4.79 Å². The Morgan fingerprint density at radius 2 is 1.71 bits per heavy atom. The average Bonchev–Trinajstić information content (AvgIpc) is 2.49. The fourth-order valence-electron chi connectivity index (χ4n) is 2.18. The van der Waals surface area contributed by atoms with Crippen molar-refractivity contribution in [1.29, 1.82) is 0 Å². The lowest BCUT2D eigenvalue weighted by atomic mass is 9.99. The molecule has 0 saturated carbocycles. The van der Waals surface area contributed by atoms with E-state index in [1.54, 1.807) is 20.1 Å². The van der Waals surface area contributed by atoms with Crippen LogP contribution in [-0.2, 0) is 0 Å². The van der Waals surface area contributed by atoms with Crippen molar-refractivity contribution in [3.8, 4) is 11.5 Å². The molecule has 0 bridgehead atoms. The van der Waals surface area contributed by atoms with Crippen molar-refractivity contribution in [2.24, 2.45) is 0 Å².